The third-order valence-corrected chi connectivity index (χ3v) is 4.20. The number of methoxy groups -OCH3 is 1. The number of aryl methyl sites for hydroxylation is 2. The van der Waals surface area contributed by atoms with Gasteiger partial charge in [0, 0.05) is 24.5 Å². The van der Waals surface area contributed by atoms with Crippen molar-refractivity contribution in [3.63, 3.8) is 0 Å². The topological polar surface area (TPSA) is 68.2 Å². The van der Waals surface area contributed by atoms with Crippen molar-refractivity contribution in [2.24, 2.45) is 0 Å². The molecule has 1 heterocycles. The number of amides is 2. The van der Waals surface area contributed by atoms with Gasteiger partial charge in [-0.2, -0.15) is 0 Å². The van der Waals surface area contributed by atoms with Gasteiger partial charge in [0.1, 0.15) is 5.75 Å². The van der Waals surface area contributed by atoms with Gasteiger partial charge in [0.05, 0.1) is 24.8 Å². The molecule has 0 aliphatic heterocycles. The van der Waals surface area contributed by atoms with E-state index in [0.717, 1.165) is 24.2 Å². The highest BCUT2D eigenvalue weighted by Crippen LogP contribution is 2.26. The zero-order valence-electron chi connectivity index (χ0n) is 15.6. The van der Waals surface area contributed by atoms with Gasteiger partial charge in [0.25, 0.3) is 0 Å². The fourth-order valence-electron chi connectivity index (χ4n) is 2.84. The van der Waals surface area contributed by atoms with Gasteiger partial charge < -0.3 is 19.9 Å². The number of imidazole rings is 1. The van der Waals surface area contributed by atoms with Crippen LogP contribution in [0.1, 0.15) is 17.7 Å². The molecule has 0 spiro atoms. The summed E-state index contributed by atoms with van der Waals surface area (Å²) >= 11 is 0. The van der Waals surface area contributed by atoms with E-state index in [9.17, 15) is 4.79 Å². The summed E-state index contributed by atoms with van der Waals surface area (Å²) in [6.45, 7) is 2.55. The molecule has 27 heavy (non-hydrogen) atoms. The minimum atomic E-state index is -0.226. The second-order valence-corrected chi connectivity index (χ2v) is 6.28. The van der Waals surface area contributed by atoms with Crippen molar-refractivity contribution in [2.75, 3.05) is 19.0 Å². The van der Waals surface area contributed by atoms with Gasteiger partial charge in [0.2, 0.25) is 0 Å². The highest BCUT2D eigenvalue weighted by Gasteiger charge is 2.09. The number of aromatic nitrogens is 2. The summed E-state index contributed by atoms with van der Waals surface area (Å²) in [6, 6.07) is 15.6. The number of nitrogens with one attached hydrogen (secondary N) is 2. The smallest absolute Gasteiger partial charge is 0.319 e. The van der Waals surface area contributed by atoms with Gasteiger partial charge >= 0.3 is 6.03 Å². The Morgan fingerprint density at radius 3 is 2.70 bits per heavy atom. The lowest BCUT2D eigenvalue weighted by Gasteiger charge is -2.12. The van der Waals surface area contributed by atoms with Crippen LogP contribution >= 0.6 is 0 Å². The summed E-state index contributed by atoms with van der Waals surface area (Å²) in [7, 11) is 1.61. The highest BCUT2D eigenvalue weighted by atomic mass is 16.5. The number of anilines is 1. The molecule has 0 atom stereocenters. The van der Waals surface area contributed by atoms with E-state index in [-0.39, 0.29) is 6.03 Å². The molecule has 3 rings (SSSR count). The Balaban J connectivity index is 1.53. The number of rotatable bonds is 7. The van der Waals surface area contributed by atoms with Crippen molar-refractivity contribution in [3.05, 3.63) is 72.3 Å². The molecule has 3 aromatic rings. The van der Waals surface area contributed by atoms with E-state index in [1.165, 1.54) is 5.56 Å². The first-order valence-corrected chi connectivity index (χ1v) is 8.93. The van der Waals surface area contributed by atoms with Crippen LogP contribution < -0.4 is 15.4 Å². The maximum Gasteiger partial charge on any atom is 0.319 e. The molecule has 0 aliphatic rings. The molecule has 0 radical (unpaired) electrons. The van der Waals surface area contributed by atoms with Crippen LogP contribution in [0.3, 0.4) is 0 Å². The molecular formula is C21H24N4O2. The molecule has 6 nitrogen and oxygen atoms in total. The Hall–Kier alpha value is -3.28. The molecule has 0 fully saturated rings. The summed E-state index contributed by atoms with van der Waals surface area (Å²) in [5, 5.41) is 5.73. The lowest BCUT2D eigenvalue weighted by molar-refractivity contribution is 0.252. The zero-order valence-corrected chi connectivity index (χ0v) is 15.6. The Morgan fingerprint density at radius 2 is 2.00 bits per heavy atom. The van der Waals surface area contributed by atoms with Crippen LogP contribution in [0.25, 0.3) is 5.69 Å². The largest absolute Gasteiger partial charge is 0.494 e. The van der Waals surface area contributed by atoms with Crippen LogP contribution in [-0.2, 0) is 6.42 Å². The van der Waals surface area contributed by atoms with Crippen molar-refractivity contribution < 1.29 is 9.53 Å². The summed E-state index contributed by atoms with van der Waals surface area (Å²) < 4.78 is 7.35. The summed E-state index contributed by atoms with van der Waals surface area (Å²) in [4.78, 5) is 16.3. The maximum atomic E-state index is 12.1. The molecule has 0 aliphatic carbocycles. The number of carbonyl (C=O) groups excluding carboxylic acids is 1. The summed E-state index contributed by atoms with van der Waals surface area (Å²) in [6.07, 6.45) is 5.48. The van der Waals surface area contributed by atoms with Crippen molar-refractivity contribution >= 4 is 11.7 Å². The standard InChI is InChI=1S/C21H24N4O2/c1-16-14-25(15-23-16)19-11-10-18(13-20(19)27-2)24-21(26)22-12-6-9-17-7-4-3-5-8-17/h3-5,7-8,10-11,13-15H,6,9,12H2,1-2H3,(H2,22,24,26). The van der Waals surface area contributed by atoms with Crippen LogP contribution in [0.15, 0.2) is 61.1 Å². The quantitative estimate of drug-likeness (QED) is 0.624. The lowest BCUT2D eigenvalue weighted by Crippen LogP contribution is -2.29. The fourth-order valence-corrected chi connectivity index (χ4v) is 2.84. The SMILES string of the molecule is COc1cc(NC(=O)NCCCc2ccccc2)ccc1-n1cnc(C)c1. The van der Waals surface area contributed by atoms with Crippen molar-refractivity contribution in [2.45, 2.75) is 19.8 Å². The zero-order chi connectivity index (χ0) is 19.1. The van der Waals surface area contributed by atoms with E-state index in [4.69, 9.17) is 4.74 Å². The molecule has 2 amide bonds. The normalized spacial score (nSPS) is 10.4. The van der Waals surface area contributed by atoms with Gasteiger partial charge in [0.15, 0.2) is 0 Å². The number of ether oxygens (including phenoxy) is 1. The first kappa shape index (κ1) is 18.5. The Morgan fingerprint density at radius 1 is 1.19 bits per heavy atom. The molecule has 2 N–H and O–H groups in total. The van der Waals surface area contributed by atoms with Gasteiger partial charge in [-0.05, 0) is 37.5 Å². The number of benzene rings is 2. The average molecular weight is 364 g/mol. The third-order valence-electron chi connectivity index (χ3n) is 4.20. The van der Waals surface area contributed by atoms with Crippen LogP contribution in [-0.4, -0.2) is 29.2 Å². The number of hydrogen-bond donors (Lipinski definition) is 2. The van der Waals surface area contributed by atoms with Gasteiger partial charge in [-0.3, -0.25) is 0 Å². The van der Waals surface area contributed by atoms with E-state index in [1.807, 2.05) is 48.0 Å². The lowest BCUT2D eigenvalue weighted by atomic mass is 10.1. The number of urea groups is 1. The van der Waals surface area contributed by atoms with E-state index < -0.39 is 0 Å². The molecule has 0 unspecified atom stereocenters. The van der Waals surface area contributed by atoms with Gasteiger partial charge in [-0.25, -0.2) is 9.78 Å². The van der Waals surface area contributed by atoms with E-state index in [1.54, 1.807) is 19.5 Å². The Kier molecular flexibility index (Phi) is 6.10. The molecule has 1 aromatic heterocycles. The number of nitrogens with zero attached hydrogens (tertiary/aromatic N) is 2. The monoisotopic (exact) mass is 364 g/mol. The predicted octanol–water partition coefficient (Wildman–Crippen LogP) is 3.94. The minimum Gasteiger partial charge on any atom is -0.494 e. The van der Waals surface area contributed by atoms with E-state index in [2.05, 4.69) is 27.8 Å². The third kappa shape index (κ3) is 5.10. The summed E-state index contributed by atoms with van der Waals surface area (Å²) in [5.74, 6) is 0.661. The highest BCUT2D eigenvalue weighted by molar-refractivity contribution is 5.89. The van der Waals surface area contributed by atoms with E-state index >= 15 is 0 Å². The molecule has 140 valence electrons. The first-order valence-electron chi connectivity index (χ1n) is 8.93. The summed E-state index contributed by atoms with van der Waals surface area (Å²) in [5.41, 5.74) is 3.74. The van der Waals surface area contributed by atoms with Gasteiger partial charge in [-0.1, -0.05) is 30.3 Å². The molecule has 0 saturated heterocycles. The molecular weight excluding hydrogens is 340 g/mol. The van der Waals surface area contributed by atoms with Gasteiger partial charge in [-0.15, -0.1) is 0 Å². The minimum absolute atomic E-state index is 0.226. The predicted molar refractivity (Wildman–Crippen MR) is 107 cm³/mol. The Labute approximate surface area is 159 Å². The number of hydrogen-bond acceptors (Lipinski definition) is 3. The van der Waals surface area contributed by atoms with Crippen LogP contribution in [0.2, 0.25) is 0 Å². The van der Waals surface area contributed by atoms with Crippen LogP contribution in [0.4, 0.5) is 10.5 Å². The van der Waals surface area contributed by atoms with Crippen molar-refractivity contribution in [1.82, 2.24) is 14.9 Å². The second-order valence-electron chi connectivity index (χ2n) is 6.28. The van der Waals surface area contributed by atoms with Crippen LogP contribution in [0, 0.1) is 6.92 Å². The van der Waals surface area contributed by atoms with E-state index in [0.29, 0.717) is 18.0 Å². The molecule has 2 aromatic carbocycles. The van der Waals surface area contributed by atoms with Crippen molar-refractivity contribution in [3.8, 4) is 11.4 Å². The first-order chi connectivity index (χ1) is 13.2. The fraction of sp³-hybridized carbons (Fsp3) is 0.238. The Bertz CT molecular complexity index is 890. The second kappa shape index (κ2) is 8.89. The number of carbonyl (C=O) groups is 1. The average Bonchev–Trinajstić information content (AvgIpc) is 3.12. The van der Waals surface area contributed by atoms with Crippen molar-refractivity contribution in [1.29, 1.82) is 0 Å². The van der Waals surface area contributed by atoms with Crippen LogP contribution in [0.5, 0.6) is 5.75 Å². The molecule has 0 bridgehead atoms. The maximum absolute atomic E-state index is 12.1. The molecule has 6 heteroatoms. The molecule has 0 saturated carbocycles.